The van der Waals surface area contributed by atoms with Crippen molar-refractivity contribution in [1.29, 1.82) is 5.26 Å². The Morgan fingerprint density at radius 3 is 2.72 bits per heavy atom. The first kappa shape index (κ1) is 14.5. The van der Waals surface area contributed by atoms with E-state index in [1.807, 2.05) is 34.0 Å². The van der Waals surface area contributed by atoms with E-state index < -0.39 is 0 Å². The molecule has 4 nitrogen and oxygen atoms in total. The molecule has 0 aliphatic rings. The quantitative estimate of drug-likeness (QED) is 0.802. The number of nitrogens with zero attached hydrogens (tertiary/aromatic N) is 3. The molecular weight excluding hydrogens is 226 g/mol. The Bertz CT molecular complexity index is 451. The van der Waals surface area contributed by atoms with Gasteiger partial charge in [-0.3, -0.25) is 9.88 Å². The Hall–Kier alpha value is -1.60. The van der Waals surface area contributed by atoms with Gasteiger partial charge in [0.15, 0.2) is 0 Å². The minimum Gasteiger partial charge on any atom is -0.496 e. The summed E-state index contributed by atoms with van der Waals surface area (Å²) in [4.78, 5) is 6.60. The lowest BCUT2D eigenvalue weighted by molar-refractivity contribution is 0.248. The summed E-state index contributed by atoms with van der Waals surface area (Å²) in [6.07, 6.45) is 2.36. The van der Waals surface area contributed by atoms with Crippen LogP contribution in [0.2, 0.25) is 0 Å². The largest absolute Gasteiger partial charge is 0.496 e. The predicted molar refractivity (Wildman–Crippen MR) is 71.4 cm³/mol. The molecule has 0 aliphatic carbocycles. The Kier molecular flexibility index (Phi) is 5.11. The van der Waals surface area contributed by atoms with Crippen molar-refractivity contribution in [3.05, 3.63) is 23.0 Å². The molecule has 0 saturated carbocycles. The molecule has 1 rings (SSSR count). The van der Waals surface area contributed by atoms with Gasteiger partial charge in [-0.2, -0.15) is 5.26 Å². The topological polar surface area (TPSA) is 49.1 Å². The van der Waals surface area contributed by atoms with Gasteiger partial charge in [0.05, 0.1) is 25.3 Å². The molecule has 0 aromatic carbocycles. The first-order valence-electron chi connectivity index (χ1n) is 6.07. The van der Waals surface area contributed by atoms with Gasteiger partial charge >= 0.3 is 0 Å². The van der Waals surface area contributed by atoms with Crippen molar-refractivity contribution in [3.63, 3.8) is 0 Å². The van der Waals surface area contributed by atoms with Crippen LogP contribution in [0.5, 0.6) is 5.75 Å². The van der Waals surface area contributed by atoms with Crippen molar-refractivity contribution in [2.75, 3.05) is 14.2 Å². The molecule has 0 radical (unpaired) electrons. The maximum atomic E-state index is 8.71. The summed E-state index contributed by atoms with van der Waals surface area (Å²) in [5.74, 6) is 0.904. The van der Waals surface area contributed by atoms with Crippen LogP contribution in [0.15, 0.2) is 6.20 Å². The second kappa shape index (κ2) is 6.36. The summed E-state index contributed by atoms with van der Waals surface area (Å²) in [5, 5.41) is 8.71. The average molecular weight is 247 g/mol. The lowest BCUT2D eigenvalue weighted by atomic mass is 10.1. The Labute approximate surface area is 109 Å². The van der Waals surface area contributed by atoms with Crippen LogP contribution < -0.4 is 4.74 Å². The molecule has 0 spiro atoms. The molecule has 0 amide bonds. The molecule has 0 bridgehead atoms. The highest BCUT2D eigenvalue weighted by Crippen LogP contribution is 2.24. The summed E-state index contributed by atoms with van der Waals surface area (Å²) >= 11 is 0. The molecule has 18 heavy (non-hydrogen) atoms. The molecule has 4 heteroatoms. The van der Waals surface area contributed by atoms with Gasteiger partial charge in [0.1, 0.15) is 5.75 Å². The summed E-state index contributed by atoms with van der Waals surface area (Å²) < 4.78 is 5.40. The van der Waals surface area contributed by atoms with Crippen LogP contribution in [0.25, 0.3) is 0 Å². The smallest absolute Gasteiger partial charge is 0.128 e. The molecule has 0 aliphatic heterocycles. The standard InChI is InChI=1S/C14H21N3O/c1-10-8-16-13(12(3)14(10)18-5)9-17(4)11(2)6-7-15/h8,11H,6,9H2,1-5H3. The van der Waals surface area contributed by atoms with Crippen molar-refractivity contribution in [1.82, 2.24) is 9.88 Å². The Balaban J connectivity index is 2.89. The number of hydrogen-bond acceptors (Lipinski definition) is 4. The van der Waals surface area contributed by atoms with E-state index >= 15 is 0 Å². The molecule has 1 atom stereocenters. The zero-order valence-corrected chi connectivity index (χ0v) is 11.8. The van der Waals surface area contributed by atoms with Crippen LogP contribution in [0.1, 0.15) is 30.2 Å². The van der Waals surface area contributed by atoms with Gasteiger partial charge in [0.25, 0.3) is 0 Å². The van der Waals surface area contributed by atoms with Gasteiger partial charge < -0.3 is 4.74 Å². The molecule has 1 unspecified atom stereocenters. The second-order valence-corrected chi connectivity index (χ2v) is 4.67. The van der Waals surface area contributed by atoms with E-state index in [-0.39, 0.29) is 6.04 Å². The van der Waals surface area contributed by atoms with Crippen molar-refractivity contribution >= 4 is 0 Å². The van der Waals surface area contributed by atoms with E-state index in [0.717, 1.165) is 29.1 Å². The number of hydrogen-bond donors (Lipinski definition) is 0. The molecule has 1 aromatic rings. The maximum absolute atomic E-state index is 8.71. The highest BCUT2D eigenvalue weighted by Gasteiger charge is 2.14. The van der Waals surface area contributed by atoms with Gasteiger partial charge in [0, 0.05) is 29.9 Å². The zero-order valence-electron chi connectivity index (χ0n) is 11.8. The van der Waals surface area contributed by atoms with E-state index in [0.29, 0.717) is 6.42 Å². The third kappa shape index (κ3) is 3.21. The fourth-order valence-corrected chi connectivity index (χ4v) is 1.91. The highest BCUT2D eigenvalue weighted by atomic mass is 16.5. The SMILES string of the molecule is COc1c(C)cnc(CN(C)C(C)CC#N)c1C. The highest BCUT2D eigenvalue weighted by molar-refractivity contribution is 5.41. The maximum Gasteiger partial charge on any atom is 0.128 e. The lowest BCUT2D eigenvalue weighted by Gasteiger charge is -2.23. The molecular formula is C14H21N3O. The normalized spacial score (nSPS) is 12.3. The van der Waals surface area contributed by atoms with Crippen LogP contribution in [0.3, 0.4) is 0 Å². The van der Waals surface area contributed by atoms with Crippen molar-refractivity contribution in [2.24, 2.45) is 0 Å². The van der Waals surface area contributed by atoms with Crippen LogP contribution >= 0.6 is 0 Å². The van der Waals surface area contributed by atoms with Crippen LogP contribution in [-0.4, -0.2) is 30.1 Å². The number of aryl methyl sites for hydroxylation is 1. The number of rotatable bonds is 5. The molecule has 0 fully saturated rings. The summed E-state index contributed by atoms with van der Waals surface area (Å²) in [6, 6.07) is 2.42. The third-order valence-electron chi connectivity index (χ3n) is 3.29. The van der Waals surface area contributed by atoms with Crippen LogP contribution in [0.4, 0.5) is 0 Å². The van der Waals surface area contributed by atoms with E-state index in [9.17, 15) is 0 Å². The summed E-state index contributed by atoms with van der Waals surface area (Å²) in [5.41, 5.74) is 3.13. The molecule has 1 aromatic heterocycles. The Morgan fingerprint density at radius 2 is 2.17 bits per heavy atom. The van der Waals surface area contributed by atoms with Crippen LogP contribution in [0, 0.1) is 25.2 Å². The molecule has 0 saturated heterocycles. The van der Waals surface area contributed by atoms with Crippen LogP contribution in [-0.2, 0) is 6.54 Å². The lowest BCUT2D eigenvalue weighted by Crippen LogP contribution is -2.29. The monoisotopic (exact) mass is 247 g/mol. The fourth-order valence-electron chi connectivity index (χ4n) is 1.91. The third-order valence-corrected chi connectivity index (χ3v) is 3.29. The number of methoxy groups -OCH3 is 1. The fraction of sp³-hybridized carbons (Fsp3) is 0.571. The van der Waals surface area contributed by atoms with Gasteiger partial charge in [-0.25, -0.2) is 0 Å². The predicted octanol–water partition coefficient (Wildman–Crippen LogP) is 2.44. The van der Waals surface area contributed by atoms with E-state index in [1.165, 1.54) is 0 Å². The van der Waals surface area contributed by atoms with E-state index in [4.69, 9.17) is 10.00 Å². The number of pyridine rings is 1. The minimum atomic E-state index is 0.225. The Morgan fingerprint density at radius 1 is 1.50 bits per heavy atom. The van der Waals surface area contributed by atoms with Gasteiger partial charge in [-0.1, -0.05) is 0 Å². The summed E-state index contributed by atoms with van der Waals surface area (Å²) in [7, 11) is 3.69. The number of ether oxygens (including phenoxy) is 1. The minimum absolute atomic E-state index is 0.225. The molecule has 0 N–H and O–H groups in total. The molecule has 98 valence electrons. The average Bonchev–Trinajstić information content (AvgIpc) is 2.33. The second-order valence-electron chi connectivity index (χ2n) is 4.67. The zero-order chi connectivity index (χ0) is 13.7. The first-order chi connectivity index (χ1) is 8.51. The van der Waals surface area contributed by atoms with Crippen molar-refractivity contribution in [3.8, 4) is 11.8 Å². The number of aromatic nitrogens is 1. The molecule has 1 heterocycles. The summed E-state index contributed by atoms with van der Waals surface area (Å²) in [6.45, 7) is 6.79. The van der Waals surface area contributed by atoms with E-state index in [2.05, 4.69) is 16.0 Å². The van der Waals surface area contributed by atoms with E-state index in [1.54, 1.807) is 7.11 Å². The van der Waals surface area contributed by atoms with Crippen molar-refractivity contribution < 1.29 is 4.74 Å². The van der Waals surface area contributed by atoms with Gasteiger partial charge in [0.2, 0.25) is 0 Å². The van der Waals surface area contributed by atoms with Gasteiger partial charge in [-0.05, 0) is 27.8 Å². The number of nitriles is 1. The van der Waals surface area contributed by atoms with Crippen molar-refractivity contribution in [2.45, 2.75) is 39.8 Å². The van der Waals surface area contributed by atoms with Gasteiger partial charge in [-0.15, -0.1) is 0 Å². The first-order valence-corrected chi connectivity index (χ1v) is 6.07.